The van der Waals surface area contributed by atoms with Crippen LogP contribution in [0, 0.1) is 25.7 Å². The summed E-state index contributed by atoms with van der Waals surface area (Å²) in [4.78, 5) is 15.0. The largest absolute Gasteiger partial charge is 0.347 e. The zero-order valence-corrected chi connectivity index (χ0v) is 16.1. The second kappa shape index (κ2) is 6.44. The number of nitrogens with one attached hydrogen (secondary N) is 1. The Bertz CT molecular complexity index is 864. The Hall–Kier alpha value is -2.21. The van der Waals surface area contributed by atoms with Gasteiger partial charge >= 0.3 is 0 Å². The number of hydrogen-bond acceptors (Lipinski definition) is 4. The van der Waals surface area contributed by atoms with Crippen molar-refractivity contribution in [3.05, 3.63) is 46.5 Å². The summed E-state index contributed by atoms with van der Waals surface area (Å²) in [6, 6.07) is 7.17. The highest BCUT2D eigenvalue weighted by atomic mass is 16.2. The van der Waals surface area contributed by atoms with Crippen LogP contribution in [-0.4, -0.2) is 44.7 Å². The van der Waals surface area contributed by atoms with Crippen molar-refractivity contribution in [2.45, 2.75) is 52.2 Å². The minimum absolute atomic E-state index is 0.0558. The summed E-state index contributed by atoms with van der Waals surface area (Å²) in [5.74, 6) is 2.62. The van der Waals surface area contributed by atoms with E-state index in [-0.39, 0.29) is 5.91 Å². The van der Waals surface area contributed by atoms with Gasteiger partial charge in [-0.05, 0) is 44.1 Å². The number of aromatic nitrogens is 3. The van der Waals surface area contributed by atoms with Gasteiger partial charge in [-0.3, -0.25) is 9.69 Å². The molecule has 5 rings (SSSR count). The first-order valence-corrected chi connectivity index (χ1v) is 10.1. The number of fused-ring (bicyclic) bond motifs is 2. The maximum Gasteiger partial charge on any atom is 0.289 e. The molecule has 2 fully saturated rings. The summed E-state index contributed by atoms with van der Waals surface area (Å²) >= 11 is 0. The van der Waals surface area contributed by atoms with E-state index in [1.807, 2.05) is 0 Å². The Kier molecular flexibility index (Phi) is 4.04. The molecule has 1 aromatic heterocycles. The lowest BCUT2D eigenvalue weighted by molar-refractivity contribution is 0.0932. The average molecular weight is 365 g/mol. The fourth-order valence-electron chi connectivity index (χ4n) is 4.81. The molecule has 6 nitrogen and oxygen atoms in total. The molecule has 0 unspecified atom stereocenters. The molecular formula is C21H27N5O. The summed E-state index contributed by atoms with van der Waals surface area (Å²) in [5, 5.41) is 11.6. The molecule has 1 saturated carbocycles. The molecule has 2 aliphatic heterocycles. The lowest BCUT2D eigenvalue weighted by Gasteiger charge is -2.25. The average Bonchev–Trinajstić information content (AvgIpc) is 3.18. The predicted molar refractivity (Wildman–Crippen MR) is 102 cm³/mol. The monoisotopic (exact) mass is 365 g/mol. The number of nitrogens with zero attached hydrogens (tertiary/aromatic N) is 4. The van der Waals surface area contributed by atoms with Crippen LogP contribution >= 0.6 is 0 Å². The van der Waals surface area contributed by atoms with E-state index in [2.05, 4.69) is 57.0 Å². The third kappa shape index (κ3) is 3.38. The van der Waals surface area contributed by atoms with Crippen LogP contribution in [0.25, 0.3) is 0 Å². The van der Waals surface area contributed by atoms with Gasteiger partial charge in [0.2, 0.25) is 5.82 Å². The molecule has 1 amide bonds. The highest BCUT2D eigenvalue weighted by Crippen LogP contribution is 2.33. The van der Waals surface area contributed by atoms with Crippen molar-refractivity contribution < 1.29 is 4.79 Å². The van der Waals surface area contributed by atoms with Crippen LogP contribution < -0.4 is 5.32 Å². The molecule has 0 radical (unpaired) electrons. The van der Waals surface area contributed by atoms with Crippen molar-refractivity contribution in [3.8, 4) is 0 Å². The molecule has 3 aliphatic rings. The van der Waals surface area contributed by atoms with Crippen molar-refractivity contribution in [1.82, 2.24) is 25.0 Å². The Morgan fingerprint density at radius 3 is 2.56 bits per heavy atom. The highest BCUT2D eigenvalue weighted by molar-refractivity contribution is 5.91. The molecule has 1 aromatic carbocycles. The van der Waals surface area contributed by atoms with Gasteiger partial charge in [0.15, 0.2) is 0 Å². The zero-order chi connectivity index (χ0) is 18.5. The van der Waals surface area contributed by atoms with E-state index in [0.717, 1.165) is 51.3 Å². The van der Waals surface area contributed by atoms with Gasteiger partial charge in [0.1, 0.15) is 5.82 Å². The Labute approximate surface area is 160 Å². The summed E-state index contributed by atoms with van der Waals surface area (Å²) < 4.78 is 2.07. The van der Waals surface area contributed by atoms with Gasteiger partial charge in [0, 0.05) is 38.6 Å². The maximum absolute atomic E-state index is 12.4. The van der Waals surface area contributed by atoms with E-state index >= 15 is 0 Å². The first-order valence-electron chi connectivity index (χ1n) is 10.1. The van der Waals surface area contributed by atoms with E-state index in [4.69, 9.17) is 0 Å². The predicted octanol–water partition coefficient (Wildman–Crippen LogP) is 2.09. The van der Waals surface area contributed by atoms with Crippen LogP contribution in [0.5, 0.6) is 0 Å². The molecule has 27 heavy (non-hydrogen) atoms. The third-order valence-corrected chi connectivity index (χ3v) is 6.14. The molecule has 2 aromatic rings. The maximum atomic E-state index is 12.4. The normalized spacial score (nSPS) is 24.5. The van der Waals surface area contributed by atoms with Gasteiger partial charge in [-0.15, -0.1) is 10.2 Å². The van der Waals surface area contributed by atoms with Crippen LogP contribution in [0.2, 0.25) is 0 Å². The van der Waals surface area contributed by atoms with E-state index < -0.39 is 0 Å². The van der Waals surface area contributed by atoms with Gasteiger partial charge in [-0.2, -0.15) is 0 Å². The van der Waals surface area contributed by atoms with Crippen LogP contribution in [0.4, 0.5) is 0 Å². The zero-order valence-electron chi connectivity index (χ0n) is 16.1. The lowest BCUT2D eigenvalue weighted by atomic mass is 9.89. The minimum Gasteiger partial charge on any atom is -0.347 e. The van der Waals surface area contributed by atoms with Crippen molar-refractivity contribution >= 4 is 5.91 Å². The first kappa shape index (κ1) is 16.9. The van der Waals surface area contributed by atoms with Crippen molar-refractivity contribution in [1.29, 1.82) is 0 Å². The summed E-state index contributed by atoms with van der Waals surface area (Å²) in [6.07, 6.45) is 3.10. The highest BCUT2D eigenvalue weighted by Gasteiger charge is 2.39. The quantitative estimate of drug-likeness (QED) is 0.901. The van der Waals surface area contributed by atoms with Crippen LogP contribution in [-0.2, 0) is 19.5 Å². The molecule has 1 saturated heterocycles. The Balaban J connectivity index is 1.28. The molecule has 1 aliphatic carbocycles. The summed E-state index contributed by atoms with van der Waals surface area (Å²) in [6.45, 7) is 8.39. The van der Waals surface area contributed by atoms with Gasteiger partial charge in [0.25, 0.3) is 5.91 Å². The van der Waals surface area contributed by atoms with E-state index in [0.29, 0.717) is 23.7 Å². The third-order valence-electron chi connectivity index (χ3n) is 6.14. The minimum atomic E-state index is -0.0558. The Morgan fingerprint density at radius 1 is 1.07 bits per heavy atom. The first-order chi connectivity index (χ1) is 13.0. The van der Waals surface area contributed by atoms with Crippen LogP contribution in [0.1, 0.15) is 46.0 Å². The van der Waals surface area contributed by atoms with Crippen LogP contribution in [0.15, 0.2) is 18.2 Å². The SMILES string of the molecule is Cc1cc(C)cc(CN2C[C@@H]3Cc4nnc(C(=O)NC5CC5)n4C[C@@H]3C2)c1. The van der Waals surface area contributed by atoms with Crippen molar-refractivity contribution in [2.75, 3.05) is 13.1 Å². The molecule has 3 heterocycles. The smallest absolute Gasteiger partial charge is 0.289 e. The number of rotatable bonds is 4. The fourth-order valence-corrected chi connectivity index (χ4v) is 4.81. The second-order valence-corrected chi connectivity index (χ2v) is 8.71. The number of likely N-dealkylation sites (tertiary alicyclic amines) is 1. The molecule has 0 bridgehead atoms. The lowest BCUT2D eigenvalue weighted by Crippen LogP contribution is -2.33. The standard InChI is InChI=1S/C21H27N5O/c1-13-5-14(2)7-15(6-13)9-25-10-16-8-19-23-24-20(21(27)22-18-3-4-18)26(19)12-17(16)11-25/h5-7,16-18H,3-4,8-12H2,1-2H3,(H,22,27)/t16-,17-/m0/s1. The summed E-state index contributed by atoms with van der Waals surface area (Å²) in [5.41, 5.74) is 4.06. The second-order valence-electron chi connectivity index (χ2n) is 8.71. The van der Waals surface area contributed by atoms with E-state index in [1.165, 1.54) is 16.7 Å². The van der Waals surface area contributed by atoms with Gasteiger partial charge in [0.05, 0.1) is 0 Å². The van der Waals surface area contributed by atoms with Gasteiger partial charge in [-0.1, -0.05) is 29.3 Å². The summed E-state index contributed by atoms with van der Waals surface area (Å²) in [7, 11) is 0. The van der Waals surface area contributed by atoms with E-state index in [9.17, 15) is 4.79 Å². The van der Waals surface area contributed by atoms with E-state index in [1.54, 1.807) is 0 Å². The van der Waals surface area contributed by atoms with Crippen molar-refractivity contribution in [3.63, 3.8) is 0 Å². The number of benzene rings is 1. The number of aryl methyl sites for hydroxylation is 2. The van der Waals surface area contributed by atoms with Gasteiger partial charge in [-0.25, -0.2) is 0 Å². The number of carbonyl (C=O) groups excluding carboxylic acids is 1. The molecule has 0 spiro atoms. The molecule has 1 N–H and O–H groups in total. The topological polar surface area (TPSA) is 63.1 Å². The van der Waals surface area contributed by atoms with Crippen LogP contribution in [0.3, 0.4) is 0 Å². The number of amides is 1. The molecule has 2 atom stereocenters. The van der Waals surface area contributed by atoms with Crippen molar-refractivity contribution in [2.24, 2.45) is 11.8 Å². The number of hydrogen-bond donors (Lipinski definition) is 1. The Morgan fingerprint density at radius 2 is 1.81 bits per heavy atom. The molecule has 6 heteroatoms. The number of carbonyl (C=O) groups is 1. The molecule has 142 valence electrons. The van der Waals surface area contributed by atoms with Gasteiger partial charge < -0.3 is 9.88 Å². The molecular weight excluding hydrogens is 338 g/mol. The fraction of sp³-hybridized carbons (Fsp3) is 0.571.